The summed E-state index contributed by atoms with van der Waals surface area (Å²) in [5.74, 6) is 1.35. The van der Waals surface area contributed by atoms with Crippen LogP contribution in [0, 0.1) is 5.92 Å². The monoisotopic (exact) mass is 661 g/mol. The number of rotatable bonds is 31. The van der Waals surface area contributed by atoms with E-state index in [4.69, 9.17) is 22.9 Å². The second-order valence-corrected chi connectivity index (χ2v) is 16.3. The van der Waals surface area contributed by atoms with Gasteiger partial charge in [0.25, 0.3) is 0 Å². The predicted octanol–water partition coefficient (Wildman–Crippen LogP) is 9.65. The molecule has 0 radical (unpaired) electrons. The molecular weight excluding hydrogens is 591 g/mol. The fourth-order valence-electron chi connectivity index (χ4n) is 5.44. The van der Waals surface area contributed by atoms with Gasteiger partial charge in [-0.2, -0.15) is 0 Å². The van der Waals surface area contributed by atoms with Crippen LogP contribution in [0.4, 0.5) is 0 Å². The maximum atomic E-state index is 12.1. The van der Waals surface area contributed by atoms with E-state index in [9.17, 15) is 4.79 Å². The molecule has 0 spiro atoms. The Hall–Kier alpha value is -0.00312. The van der Waals surface area contributed by atoms with Crippen molar-refractivity contribution >= 4 is 25.7 Å². The molecule has 0 aliphatic carbocycles. The van der Waals surface area contributed by atoms with Crippen molar-refractivity contribution in [1.82, 2.24) is 5.48 Å². The summed E-state index contributed by atoms with van der Waals surface area (Å²) in [5.41, 5.74) is 3.26. The van der Waals surface area contributed by atoms with E-state index in [1.165, 1.54) is 102 Å². The van der Waals surface area contributed by atoms with Gasteiger partial charge in [0, 0.05) is 38.0 Å². The lowest BCUT2D eigenvalue weighted by atomic mass is 9.97. The highest BCUT2D eigenvalue weighted by Crippen LogP contribution is 2.24. The quantitative estimate of drug-likeness (QED) is 0.0582. The Morgan fingerprint density at radius 2 is 1.32 bits per heavy atom. The largest absolute Gasteiger partial charge is 0.518 e. The average molecular weight is 662 g/mol. The SMILES string of the molecule is CCCCCCCCCCCCCCCC1CCO[Si](CCCSC(=O)CCCC)(OCCOCCOCCCC)ONC1. The zero-order chi connectivity index (χ0) is 31.8. The lowest BCUT2D eigenvalue weighted by Gasteiger charge is -2.33. The predicted molar refractivity (Wildman–Crippen MR) is 188 cm³/mol. The van der Waals surface area contributed by atoms with Gasteiger partial charge in [-0.3, -0.25) is 9.32 Å². The summed E-state index contributed by atoms with van der Waals surface area (Å²) in [4.78, 5) is 12.1. The van der Waals surface area contributed by atoms with Gasteiger partial charge in [0.2, 0.25) is 0 Å². The minimum Gasteiger partial charge on any atom is -0.379 e. The first-order chi connectivity index (χ1) is 21.7. The Bertz CT molecular complexity index is 622. The minimum absolute atomic E-state index is 0.284. The molecule has 2 atom stereocenters. The van der Waals surface area contributed by atoms with Crippen LogP contribution in [0.15, 0.2) is 0 Å². The molecule has 7 nitrogen and oxygen atoms in total. The van der Waals surface area contributed by atoms with Crippen LogP contribution >= 0.6 is 11.8 Å². The first-order valence-corrected chi connectivity index (χ1v) is 21.6. The molecule has 9 heteroatoms. The van der Waals surface area contributed by atoms with Crippen molar-refractivity contribution in [1.29, 1.82) is 0 Å². The molecule has 0 saturated carbocycles. The molecule has 1 rings (SSSR count). The molecule has 1 N–H and O–H groups in total. The lowest BCUT2D eigenvalue weighted by molar-refractivity contribution is -0.111. The fourth-order valence-corrected chi connectivity index (χ4v) is 8.83. The molecule has 262 valence electrons. The zero-order valence-electron chi connectivity index (χ0n) is 29.1. The van der Waals surface area contributed by atoms with Gasteiger partial charge in [0.05, 0.1) is 26.4 Å². The van der Waals surface area contributed by atoms with Crippen LogP contribution in [-0.2, 0) is 27.6 Å². The minimum atomic E-state index is -2.90. The number of carbonyl (C=O) groups is 1. The summed E-state index contributed by atoms with van der Waals surface area (Å²) in [5, 5.41) is 0.284. The Kier molecular flexibility index (Phi) is 30.2. The highest BCUT2D eigenvalue weighted by atomic mass is 32.2. The van der Waals surface area contributed by atoms with Crippen LogP contribution < -0.4 is 5.48 Å². The highest BCUT2D eigenvalue weighted by Gasteiger charge is 2.42. The first-order valence-electron chi connectivity index (χ1n) is 18.7. The van der Waals surface area contributed by atoms with Crippen LogP contribution in [0.2, 0.25) is 6.04 Å². The van der Waals surface area contributed by atoms with Crippen molar-refractivity contribution in [3.63, 3.8) is 0 Å². The van der Waals surface area contributed by atoms with Gasteiger partial charge in [0.1, 0.15) is 0 Å². The molecule has 1 heterocycles. The van der Waals surface area contributed by atoms with Crippen LogP contribution in [0.5, 0.6) is 0 Å². The molecule has 1 fully saturated rings. The number of thioether (sulfide) groups is 1. The average Bonchev–Trinajstić information content (AvgIpc) is 3.02. The van der Waals surface area contributed by atoms with Crippen molar-refractivity contribution in [2.45, 2.75) is 162 Å². The van der Waals surface area contributed by atoms with Gasteiger partial charge in [0.15, 0.2) is 5.12 Å². The maximum Gasteiger partial charge on any atom is 0.518 e. The molecule has 1 aliphatic heterocycles. The molecular formula is C35H71NO6SSi. The van der Waals surface area contributed by atoms with Gasteiger partial charge < -0.3 is 18.3 Å². The summed E-state index contributed by atoms with van der Waals surface area (Å²) in [6, 6.07) is 0.706. The van der Waals surface area contributed by atoms with Crippen molar-refractivity contribution in [2.24, 2.45) is 5.92 Å². The number of unbranched alkanes of at least 4 members (excludes halogenated alkanes) is 14. The number of hydroxylamine groups is 1. The highest BCUT2D eigenvalue weighted by molar-refractivity contribution is 8.13. The molecule has 1 aliphatic rings. The Labute approximate surface area is 277 Å². The second-order valence-electron chi connectivity index (χ2n) is 12.5. The van der Waals surface area contributed by atoms with Crippen molar-refractivity contribution in [2.75, 3.05) is 51.9 Å². The van der Waals surface area contributed by atoms with Gasteiger partial charge in [-0.1, -0.05) is 129 Å². The van der Waals surface area contributed by atoms with Crippen LogP contribution in [0.3, 0.4) is 0 Å². The third-order valence-electron chi connectivity index (χ3n) is 8.35. The molecule has 0 aromatic carbocycles. The lowest BCUT2D eigenvalue weighted by Crippen LogP contribution is -2.52. The van der Waals surface area contributed by atoms with Crippen molar-refractivity contribution < 1.29 is 27.6 Å². The maximum absolute atomic E-state index is 12.1. The number of hydrogen-bond acceptors (Lipinski definition) is 8. The van der Waals surface area contributed by atoms with Crippen molar-refractivity contribution in [3.8, 4) is 0 Å². The van der Waals surface area contributed by atoms with Gasteiger partial charge >= 0.3 is 8.80 Å². The van der Waals surface area contributed by atoms with E-state index in [1.54, 1.807) is 0 Å². The fraction of sp³-hybridized carbons (Fsp3) is 0.971. The summed E-state index contributed by atoms with van der Waals surface area (Å²) < 4.78 is 30.3. The summed E-state index contributed by atoms with van der Waals surface area (Å²) in [6.07, 6.45) is 26.0. The number of hydrogen-bond donors (Lipinski definition) is 1. The van der Waals surface area contributed by atoms with Crippen LogP contribution in [-0.4, -0.2) is 65.9 Å². The van der Waals surface area contributed by atoms with Crippen molar-refractivity contribution in [3.05, 3.63) is 0 Å². The standard InChI is InChI=1S/C35H71NO6SSi/c1-4-7-10-11-12-13-14-15-16-17-18-19-20-22-34-24-26-40-44(42-36-33-34,32-21-31-43-35(37)23-8-5-2)41-30-29-39-28-27-38-25-9-6-3/h34,36H,4-33H2,1-3H3. The van der Waals surface area contributed by atoms with Crippen LogP contribution in [0.25, 0.3) is 0 Å². The van der Waals surface area contributed by atoms with Gasteiger partial charge in [-0.25, -0.2) is 5.48 Å². The van der Waals surface area contributed by atoms with Crippen LogP contribution in [0.1, 0.15) is 156 Å². The molecule has 0 aromatic heterocycles. The number of ether oxygens (including phenoxy) is 2. The molecule has 2 unspecified atom stereocenters. The molecule has 0 bridgehead atoms. The van der Waals surface area contributed by atoms with E-state index in [0.717, 1.165) is 57.4 Å². The number of nitrogens with one attached hydrogen (secondary N) is 1. The second kappa shape index (κ2) is 31.6. The summed E-state index contributed by atoms with van der Waals surface area (Å²) in [7, 11) is -2.90. The topological polar surface area (TPSA) is 75.3 Å². The molecule has 0 aromatic rings. The van der Waals surface area contributed by atoms with Gasteiger partial charge in [-0.05, 0) is 38.0 Å². The third kappa shape index (κ3) is 25.1. The summed E-state index contributed by atoms with van der Waals surface area (Å²) >= 11 is 1.44. The van der Waals surface area contributed by atoms with E-state index >= 15 is 0 Å². The Balaban J connectivity index is 2.28. The molecule has 1 saturated heterocycles. The van der Waals surface area contributed by atoms with E-state index in [2.05, 4.69) is 26.3 Å². The third-order valence-corrected chi connectivity index (χ3v) is 12.1. The normalized spacial score (nSPS) is 19.2. The number of carbonyl (C=O) groups excluding carboxylic acids is 1. The van der Waals surface area contributed by atoms with E-state index in [-0.39, 0.29) is 5.12 Å². The van der Waals surface area contributed by atoms with E-state index in [0.29, 0.717) is 51.4 Å². The van der Waals surface area contributed by atoms with Gasteiger partial charge in [-0.15, -0.1) is 0 Å². The smallest absolute Gasteiger partial charge is 0.379 e. The van der Waals surface area contributed by atoms with E-state index in [1.807, 2.05) is 0 Å². The Morgan fingerprint density at radius 1 is 0.727 bits per heavy atom. The molecule has 0 amide bonds. The Morgan fingerprint density at radius 3 is 1.98 bits per heavy atom. The zero-order valence-corrected chi connectivity index (χ0v) is 31.0. The molecule has 44 heavy (non-hydrogen) atoms. The van der Waals surface area contributed by atoms with E-state index < -0.39 is 8.80 Å². The summed E-state index contributed by atoms with van der Waals surface area (Å²) in [6.45, 7) is 11.0. The first kappa shape index (κ1) is 42.0.